The molecule has 0 spiro atoms. The molecule has 3 aromatic rings. The van der Waals surface area contributed by atoms with Crippen molar-refractivity contribution in [3.63, 3.8) is 0 Å². The molecule has 4 aliphatic carbocycles. The molecule has 168 valence electrons. The third kappa shape index (κ3) is 2.82. The van der Waals surface area contributed by atoms with Crippen molar-refractivity contribution in [2.75, 3.05) is 5.73 Å². The maximum Gasteiger partial charge on any atom is 0.201 e. The van der Waals surface area contributed by atoms with Gasteiger partial charge in [0.2, 0.25) is 5.95 Å². The molecule has 4 saturated carbocycles. The summed E-state index contributed by atoms with van der Waals surface area (Å²) in [5, 5.41) is 0. The number of hydrogen-bond donors (Lipinski definition) is 1. The second kappa shape index (κ2) is 6.85. The first-order chi connectivity index (χ1) is 15.3. The van der Waals surface area contributed by atoms with Crippen molar-refractivity contribution < 1.29 is 0 Å². The van der Waals surface area contributed by atoms with Crippen LogP contribution in [0.25, 0.3) is 22.2 Å². The van der Waals surface area contributed by atoms with Gasteiger partial charge >= 0.3 is 0 Å². The van der Waals surface area contributed by atoms with Crippen molar-refractivity contribution in [3.8, 4) is 11.1 Å². The molecule has 32 heavy (non-hydrogen) atoms. The first kappa shape index (κ1) is 20.3. The highest BCUT2D eigenvalue weighted by Gasteiger charge is 2.52. The van der Waals surface area contributed by atoms with E-state index in [9.17, 15) is 0 Å². The third-order valence-electron chi connectivity index (χ3n) is 8.94. The van der Waals surface area contributed by atoms with Gasteiger partial charge in [-0.1, -0.05) is 23.8 Å². The average Bonchev–Trinajstić information content (AvgIpc) is 3.02. The molecule has 0 amide bonds. The smallest absolute Gasteiger partial charge is 0.201 e. The lowest BCUT2D eigenvalue weighted by Crippen LogP contribution is -2.48. The highest BCUT2D eigenvalue weighted by molar-refractivity contribution is 5.98. The number of fused-ring (bicyclic) bond motifs is 1. The van der Waals surface area contributed by atoms with Gasteiger partial charge in [0, 0.05) is 11.6 Å². The lowest BCUT2D eigenvalue weighted by molar-refractivity contribution is -0.00488. The molecule has 3 nitrogen and oxygen atoms in total. The van der Waals surface area contributed by atoms with Crippen LogP contribution < -0.4 is 5.73 Å². The summed E-state index contributed by atoms with van der Waals surface area (Å²) in [6.45, 7) is 11.2. The number of nitrogen functional groups attached to an aromatic ring is 1. The molecule has 1 aromatic heterocycles. The minimum absolute atomic E-state index is 0.290. The summed E-state index contributed by atoms with van der Waals surface area (Å²) in [7, 11) is 0. The zero-order chi connectivity index (χ0) is 22.4. The third-order valence-corrected chi connectivity index (χ3v) is 8.94. The topological polar surface area (TPSA) is 43.8 Å². The molecule has 7 rings (SSSR count). The van der Waals surface area contributed by atoms with Crippen LogP contribution in [-0.2, 0) is 5.41 Å². The van der Waals surface area contributed by atoms with E-state index in [4.69, 9.17) is 10.7 Å². The number of rotatable bonds is 3. The molecular formula is C29H37N3. The maximum atomic E-state index is 6.51. The molecule has 0 radical (unpaired) electrons. The minimum atomic E-state index is 0.290. The number of nitrogens with zero attached hydrogens (tertiary/aromatic N) is 2. The summed E-state index contributed by atoms with van der Waals surface area (Å²) in [4.78, 5) is 5.04. The molecule has 1 heterocycles. The number of nitrogens with two attached hydrogens (primary N) is 1. The van der Waals surface area contributed by atoms with Crippen molar-refractivity contribution in [1.29, 1.82) is 0 Å². The van der Waals surface area contributed by atoms with Crippen LogP contribution in [0, 0.1) is 38.5 Å². The fourth-order valence-electron chi connectivity index (χ4n) is 8.43. The zero-order valence-electron chi connectivity index (χ0n) is 20.3. The van der Waals surface area contributed by atoms with Crippen molar-refractivity contribution in [2.24, 2.45) is 17.8 Å². The molecule has 4 aliphatic rings. The summed E-state index contributed by atoms with van der Waals surface area (Å²) in [5.41, 5.74) is 17.5. The molecule has 3 heteroatoms. The van der Waals surface area contributed by atoms with E-state index in [2.05, 4.69) is 63.5 Å². The number of hydrogen-bond acceptors (Lipinski definition) is 2. The van der Waals surface area contributed by atoms with Crippen LogP contribution in [0.2, 0.25) is 0 Å². The molecule has 0 unspecified atom stereocenters. The number of aryl methyl sites for hydroxylation is 3. The van der Waals surface area contributed by atoms with Gasteiger partial charge in [-0.2, -0.15) is 0 Å². The second-order valence-electron chi connectivity index (χ2n) is 11.8. The van der Waals surface area contributed by atoms with Gasteiger partial charge in [-0.05, 0) is 125 Å². The van der Waals surface area contributed by atoms with Crippen LogP contribution >= 0.6 is 0 Å². The Morgan fingerprint density at radius 1 is 0.906 bits per heavy atom. The lowest BCUT2D eigenvalue weighted by Gasteiger charge is -2.57. The van der Waals surface area contributed by atoms with E-state index in [1.54, 1.807) is 5.56 Å². The summed E-state index contributed by atoms with van der Waals surface area (Å²) >= 11 is 0. The number of aromatic nitrogens is 2. The first-order valence-corrected chi connectivity index (χ1v) is 12.6. The fraction of sp³-hybridized carbons (Fsp3) is 0.552. The molecule has 4 bridgehead atoms. The lowest BCUT2D eigenvalue weighted by atomic mass is 9.47. The van der Waals surface area contributed by atoms with Gasteiger partial charge in [-0.15, -0.1) is 0 Å². The standard InChI is InChI=1S/C29H37N3/c1-16(2)32-24-7-6-23(29-13-20-10-21(14-29)12-22(11-20)15-29)26(27(24)31-28(32)30)25-18(4)8-17(3)9-19(25)5/h6-9,16,20-22H,10-15H2,1-5H3,(H2,30,31). The van der Waals surface area contributed by atoms with E-state index in [0.29, 0.717) is 17.4 Å². The van der Waals surface area contributed by atoms with E-state index in [0.717, 1.165) is 23.3 Å². The molecule has 2 aromatic carbocycles. The molecular weight excluding hydrogens is 390 g/mol. The van der Waals surface area contributed by atoms with Gasteiger partial charge in [-0.3, -0.25) is 0 Å². The maximum absolute atomic E-state index is 6.51. The number of imidazole rings is 1. The summed E-state index contributed by atoms with van der Waals surface area (Å²) in [6.07, 6.45) is 8.49. The monoisotopic (exact) mass is 427 g/mol. The Balaban J connectivity index is 1.68. The van der Waals surface area contributed by atoms with Crippen molar-refractivity contribution >= 4 is 17.0 Å². The van der Waals surface area contributed by atoms with E-state index in [-0.39, 0.29) is 0 Å². The Morgan fingerprint density at radius 2 is 1.47 bits per heavy atom. The minimum Gasteiger partial charge on any atom is -0.369 e. The van der Waals surface area contributed by atoms with E-state index in [1.165, 1.54) is 71.9 Å². The fourth-order valence-corrected chi connectivity index (χ4v) is 8.43. The Bertz CT molecular complexity index is 1170. The Hall–Kier alpha value is -2.29. The predicted octanol–water partition coefficient (Wildman–Crippen LogP) is 7.26. The molecule has 2 N–H and O–H groups in total. The number of benzene rings is 2. The van der Waals surface area contributed by atoms with Gasteiger partial charge in [0.15, 0.2) is 0 Å². The van der Waals surface area contributed by atoms with Crippen LogP contribution in [0.5, 0.6) is 0 Å². The molecule has 0 aliphatic heterocycles. The summed E-state index contributed by atoms with van der Waals surface area (Å²) in [6, 6.07) is 9.78. The van der Waals surface area contributed by atoms with Crippen molar-refractivity contribution in [2.45, 2.75) is 84.6 Å². The van der Waals surface area contributed by atoms with Crippen molar-refractivity contribution in [1.82, 2.24) is 9.55 Å². The largest absolute Gasteiger partial charge is 0.369 e. The van der Waals surface area contributed by atoms with Crippen LogP contribution in [0.4, 0.5) is 5.95 Å². The SMILES string of the molecule is Cc1cc(C)c(-c2c(C34CC5CC(CC(C5)C3)C4)ccc3c2nc(N)n3C(C)C)c(C)c1. The normalized spacial score (nSPS) is 28.9. The Labute approximate surface area is 192 Å². The van der Waals surface area contributed by atoms with E-state index >= 15 is 0 Å². The Kier molecular flexibility index (Phi) is 4.35. The highest BCUT2D eigenvalue weighted by Crippen LogP contribution is 2.62. The van der Waals surface area contributed by atoms with Crippen LogP contribution in [0.15, 0.2) is 24.3 Å². The molecule has 0 atom stereocenters. The van der Waals surface area contributed by atoms with E-state index < -0.39 is 0 Å². The van der Waals surface area contributed by atoms with E-state index in [1.807, 2.05) is 0 Å². The quantitative estimate of drug-likeness (QED) is 0.478. The predicted molar refractivity (Wildman–Crippen MR) is 134 cm³/mol. The second-order valence-corrected chi connectivity index (χ2v) is 11.8. The van der Waals surface area contributed by atoms with Gasteiger partial charge in [0.05, 0.1) is 11.0 Å². The number of anilines is 1. The highest BCUT2D eigenvalue weighted by atomic mass is 15.2. The van der Waals surface area contributed by atoms with Crippen LogP contribution in [0.1, 0.15) is 80.7 Å². The van der Waals surface area contributed by atoms with Crippen LogP contribution in [0.3, 0.4) is 0 Å². The van der Waals surface area contributed by atoms with Gasteiger partial charge in [0.25, 0.3) is 0 Å². The first-order valence-electron chi connectivity index (χ1n) is 12.6. The summed E-state index contributed by atoms with van der Waals surface area (Å²) in [5.74, 6) is 3.40. The average molecular weight is 428 g/mol. The molecule has 4 fully saturated rings. The summed E-state index contributed by atoms with van der Waals surface area (Å²) < 4.78 is 2.21. The zero-order valence-corrected chi connectivity index (χ0v) is 20.3. The van der Waals surface area contributed by atoms with Gasteiger partial charge in [0.1, 0.15) is 0 Å². The van der Waals surface area contributed by atoms with Gasteiger partial charge < -0.3 is 10.3 Å². The van der Waals surface area contributed by atoms with Crippen molar-refractivity contribution in [3.05, 3.63) is 46.5 Å². The van der Waals surface area contributed by atoms with Gasteiger partial charge in [-0.25, -0.2) is 4.98 Å². The molecule has 0 saturated heterocycles. The van der Waals surface area contributed by atoms with Crippen LogP contribution in [-0.4, -0.2) is 9.55 Å². The Morgan fingerprint density at radius 3 is 2.00 bits per heavy atom.